The molecule has 0 unspecified atom stereocenters. The van der Waals surface area contributed by atoms with E-state index in [1.165, 1.54) is 23.0 Å². The molecule has 0 aliphatic rings. The number of hydrogen-bond acceptors (Lipinski definition) is 3. The number of fused-ring (bicyclic) bond motifs is 1. The van der Waals surface area contributed by atoms with Gasteiger partial charge in [0.25, 0.3) is 0 Å². The van der Waals surface area contributed by atoms with Crippen molar-refractivity contribution in [3.05, 3.63) is 29.8 Å². The van der Waals surface area contributed by atoms with Crippen LogP contribution in [0.15, 0.2) is 18.5 Å². The molecule has 0 atom stereocenters. The Kier molecular flexibility index (Phi) is 3.30. The zero-order valence-corrected chi connectivity index (χ0v) is 11.5. The van der Waals surface area contributed by atoms with Crippen LogP contribution in [0.4, 0.5) is 9.18 Å². The molecule has 1 aromatic heterocycles. The van der Waals surface area contributed by atoms with E-state index >= 15 is 0 Å². The van der Waals surface area contributed by atoms with Crippen LogP contribution in [0.25, 0.3) is 11.0 Å². The molecule has 0 aliphatic carbocycles. The summed E-state index contributed by atoms with van der Waals surface area (Å²) in [5.74, 6) is -0.380. The van der Waals surface area contributed by atoms with Gasteiger partial charge in [-0.05, 0) is 38.8 Å². The van der Waals surface area contributed by atoms with Gasteiger partial charge >= 0.3 is 6.09 Å². The molecule has 19 heavy (non-hydrogen) atoms. The van der Waals surface area contributed by atoms with Crippen molar-refractivity contribution in [1.29, 1.82) is 0 Å². The lowest BCUT2D eigenvalue weighted by Gasteiger charge is -2.19. The highest BCUT2D eigenvalue weighted by Crippen LogP contribution is 2.21. The lowest BCUT2D eigenvalue weighted by Crippen LogP contribution is -2.26. The van der Waals surface area contributed by atoms with Crippen LogP contribution in [0.5, 0.6) is 0 Å². The van der Waals surface area contributed by atoms with Gasteiger partial charge in [0.1, 0.15) is 17.7 Å². The van der Waals surface area contributed by atoms with Gasteiger partial charge in [-0.3, -0.25) is 0 Å². The Morgan fingerprint density at radius 2 is 2.11 bits per heavy atom. The van der Waals surface area contributed by atoms with Gasteiger partial charge in [-0.15, -0.1) is 0 Å². The molecule has 102 valence electrons. The average molecular weight is 264 g/mol. The van der Waals surface area contributed by atoms with Gasteiger partial charge in [0.15, 0.2) is 0 Å². The topological polar surface area (TPSA) is 44.1 Å². The number of carbonyl (C=O) groups excluding carboxylic acids is 1. The summed E-state index contributed by atoms with van der Waals surface area (Å²) in [6, 6.07) is 2.74. The number of rotatable bonds is 1. The molecule has 0 amide bonds. The van der Waals surface area contributed by atoms with E-state index < -0.39 is 11.7 Å². The van der Waals surface area contributed by atoms with E-state index in [-0.39, 0.29) is 5.82 Å². The van der Waals surface area contributed by atoms with Crippen LogP contribution in [0.2, 0.25) is 0 Å². The maximum absolute atomic E-state index is 13.5. The molecule has 1 heterocycles. The second kappa shape index (κ2) is 4.64. The van der Waals surface area contributed by atoms with Crippen LogP contribution in [-0.4, -0.2) is 21.2 Å². The first kappa shape index (κ1) is 13.5. The fraction of sp³-hybridized carbons (Fsp3) is 0.429. The van der Waals surface area contributed by atoms with Gasteiger partial charge in [-0.1, -0.05) is 6.92 Å². The third-order valence-corrected chi connectivity index (χ3v) is 2.67. The minimum atomic E-state index is -0.603. The highest BCUT2D eigenvalue weighted by Gasteiger charge is 2.20. The third-order valence-electron chi connectivity index (χ3n) is 2.67. The SMILES string of the molecule is CCc1cc(F)cc2c1ncn2C(=O)OC(C)(C)C. The molecule has 0 saturated carbocycles. The number of benzene rings is 1. The van der Waals surface area contributed by atoms with Crippen LogP contribution in [0.3, 0.4) is 0 Å². The molecular formula is C14H17FN2O2. The molecule has 2 rings (SSSR count). The maximum atomic E-state index is 13.5. The summed E-state index contributed by atoms with van der Waals surface area (Å²) in [5.41, 5.74) is 1.24. The predicted octanol–water partition coefficient (Wildman–Crippen LogP) is 3.52. The molecule has 5 heteroatoms. The Bertz CT molecular complexity index is 626. The van der Waals surface area contributed by atoms with E-state index in [0.717, 1.165) is 5.56 Å². The quantitative estimate of drug-likeness (QED) is 0.791. The molecule has 0 radical (unpaired) electrons. The Morgan fingerprint density at radius 1 is 1.42 bits per heavy atom. The van der Waals surface area contributed by atoms with Gasteiger partial charge in [0.05, 0.1) is 11.0 Å². The summed E-state index contributed by atoms with van der Waals surface area (Å²) in [4.78, 5) is 16.2. The summed E-state index contributed by atoms with van der Waals surface area (Å²) in [6.45, 7) is 7.26. The van der Waals surface area contributed by atoms with Crippen LogP contribution < -0.4 is 0 Å². The summed E-state index contributed by atoms with van der Waals surface area (Å²) in [5, 5.41) is 0. The van der Waals surface area contributed by atoms with Crippen molar-refractivity contribution >= 4 is 17.1 Å². The Morgan fingerprint density at radius 3 is 2.68 bits per heavy atom. The van der Waals surface area contributed by atoms with Crippen molar-refractivity contribution in [2.75, 3.05) is 0 Å². The Hall–Kier alpha value is -1.91. The number of aryl methyl sites for hydroxylation is 1. The number of aromatic nitrogens is 2. The normalized spacial score (nSPS) is 11.8. The molecule has 2 aromatic rings. The monoisotopic (exact) mass is 264 g/mol. The number of imidazole rings is 1. The fourth-order valence-corrected chi connectivity index (χ4v) is 1.88. The number of hydrogen-bond donors (Lipinski definition) is 0. The standard InChI is InChI=1S/C14H17FN2O2/c1-5-9-6-10(15)7-11-12(9)16-8-17(11)13(18)19-14(2,3)4/h6-8H,5H2,1-4H3. The number of ether oxygens (including phenoxy) is 1. The van der Waals surface area contributed by atoms with Gasteiger partial charge in [0, 0.05) is 6.07 Å². The zero-order valence-electron chi connectivity index (χ0n) is 11.5. The van der Waals surface area contributed by atoms with Crippen LogP contribution in [0.1, 0.15) is 33.3 Å². The van der Waals surface area contributed by atoms with E-state index in [9.17, 15) is 9.18 Å². The van der Waals surface area contributed by atoms with Crippen molar-refractivity contribution < 1.29 is 13.9 Å². The first-order valence-corrected chi connectivity index (χ1v) is 6.20. The fourth-order valence-electron chi connectivity index (χ4n) is 1.88. The molecular weight excluding hydrogens is 247 g/mol. The number of nitrogens with zero attached hydrogens (tertiary/aromatic N) is 2. The summed E-state index contributed by atoms with van der Waals surface area (Å²) >= 11 is 0. The molecule has 0 saturated heterocycles. The molecule has 0 spiro atoms. The third kappa shape index (κ3) is 2.75. The van der Waals surface area contributed by atoms with E-state index in [2.05, 4.69) is 4.98 Å². The maximum Gasteiger partial charge on any atom is 0.420 e. The molecule has 0 fully saturated rings. The van der Waals surface area contributed by atoms with E-state index in [1.54, 1.807) is 20.8 Å². The first-order chi connectivity index (χ1) is 8.81. The summed E-state index contributed by atoms with van der Waals surface area (Å²) in [7, 11) is 0. The highest BCUT2D eigenvalue weighted by molar-refractivity contribution is 5.88. The molecule has 0 aliphatic heterocycles. The number of halogens is 1. The van der Waals surface area contributed by atoms with E-state index in [4.69, 9.17) is 4.74 Å². The molecule has 0 bridgehead atoms. The van der Waals surface area contributed by atoms with Crippen molar-refractivity contribution in [2.24, 2.45) is 0 Å². The second-order valence-electron chi connectivity index (χ2n) is 5.38. The first-order valence-electron chi connectivity index (χ1n) is 6.20. The van der Waals surface area contributed by atoms with Crippen molar-refractivity contribution in [3.63, 3.8) is 0 Å². The van der Waals surface area contributed by atoms with Gasteiger partial charge in [-0.2, -0.15) is 0 Å². The van der Waals surface area contributed by atoms with E-state index in [0.29, 0.717) is 17.5 Å². The smallest absolute Gasteiger partial charge is 0.420 e. The van der Waals surface area contributed by atoms with Crippen molar-refractivity contribution in [1.82, 2.24) is 9.55 Å². The average Bonchev–Trinajstić information content (AvgIpc) is 2.69. The number of carbonyl (C=O) groups is 1. The van der Waals surface area contributed by atoms with Crippen molar-refractivity contribution in [2.45, 2.75) is 39.7 Å². The predicted molar refractivity (Wildman–Crippen MR) is 70.7 cm³/mol. The second-order valence-corrected chi connectivity index (χ2v) is 5.38. The van der Waals surface area contributed by atoms with Crippen LogP contribution in [-0.2, 0) is 11.2 Å². The van der Waals surface area contributed by atoms with Gasteiger partial charge < -0.3 is 4.74 Å². The lowest BCUT2D eigenvalue weighted by molar-refractivity contribution is 0.0543. The zero-order chi connectivity index (χ0) is 14.2. The Labute approximate surface area is 111 Å². The van der Waals surface area contributed by atoms with Crippen molar-refractivity contribution in [3.8, 4) is 0 Å². The lowest BCUT2D eigenvalue weighted by atomic mass is 10.1. The van der Waals surface area contributed by atoms with E-state index in [1.807, 2.05) is 6.92 Å². The van der Waals surface area contributed by atoms with Gasteiger partial charge in [0.2, 0.25) is 0 Å². The molecule has 4 nitrogen and oxygen atoms in total. The van der Waals surface area contributed by atoms with Crippen LogP contribution >= 0.6 is 0 Å². The molecule has 0 N–H and O–H groups in total. The largest absolute Gasteiger partial charge is 0.443 e. The summed E-state index contributed by atoms with van der Waals surface area (Å²) < 4.78 is 20.1. The minimum Gasteiger partial charge on any atom is -0.443 e. The minimum absolute atomic E-state index is 0.380. The molecule has 1 aromatic carbocycles. The van der Waals surface area contributed by atoms with Gasteiger partial charge in [-0.25, -0.2) is 18.7 Å². The Balaban J connectivity index is 2.51. The highest BCUT2D eigenvalue weighted by atomic mass is 19.1. The van der Waals surface area contributed by atoms with Crippen LogP contribution in [0, 0.1) is 5.82 Å². The summed E-state index contributed by atoms with van der Waals surface area (Å²) in [6.07, 6.45) is 1.47.